The minimum atomic E-state index is -6.27. The number of hydrogen-bond donors (Lipinski definition) is 2. The molecule has 0 saturated carbocycles. The lowest BCUT2D eigenvalue weighted by Gasteiger charge is -2.35. The molecule has 38 heavy (non-hydrogen) atoms. The molecule has 0 spiro atoms. The third-order valence-corrected chi connectivity index (χ3v) is 6.25. The number of rotatable bonds is 6. The summed E-state index contributed by atoms with van der Waals surface area (Å²) in [5, 5.41) is 11.2. The number of amides is 3. The van der Waals surface area contributed by atoms with Crippen LogP contribution in [0.4, 0.5) is 39.9 Å². The zero-order valence-corrected chi connectivity index (χ0v) is 19.8. The number of carbonyl (C=O) groups is 3. The third-order valence-electron chi connectivity index (χ3n) is 6.25. The molecule has 1 fully saturated rings. The summed E-state index contributed by atoms with van der Waals surface area (Å²) in [7, 11) is 0. The van der Waals surface area contributed by atoms with E-state index in [9.17, 15) is 49.5 Å². The van der Waals surface area contributed by atoms with Crippen LogP contribution in [0.5, 0.6) is 0 Å². The van der Waals surface area contributed by atoms with Crippen LogP contribution in [-0.2, 0) is 34.7 Å². The fourth-order valence-electron chi connectivity index (χ4n) is 4.36. The first-order chi connectivity index (χ1) is 17.4. The van der Waals surface area contributed by atoms with Gasteiger partial charge in [-0.1, -0.05) is 6.92 Å². The van der Waals surface area contributed by atoms with Crippen LogP contribution in [-0.4, -0.2) is 74.6 Å². The Morgan fingerprint density at radius 3 is 2.34 bits per heavy atom. The molecule has 2 N–H and O–H groups in total. The molecule has 0 bridgehead atoms. The highest BCUT2D eigenvalue weighted by atomic mass is 19.4. The number of piperidine rings is 1. The van der Waals surface area contributed by atoms with Gasteiger partial charge in [-0.3, -0.25) is 9.59 Å². The molecule has 3 heterocycles. The van der Waals surface area contributed by atoms with Crippen LogP contribution in [0.1, 0.15) is 49.0 Å². The molecular weight excluding hydrogens is 538 g/mol. The minimum Gasteiger partial charge on any atom is -0.465 e. The number of halogens is 8. The smallest absolute Gasteiger partial charge is 0.461 e. The Kier molecular flexibility index (Phi) is 8.07. The molecule has 1 saturated heterocycles. The SMILES string of the molecule is C[C@@H]1CCC(=O)N(C[C@H](CC(=O)N2CCc3c(nc(C(F)(F)C(F)(F)F)nc3C(F)(F)F)C2)NC(=O)O)C1. The van der Waals surface area contributed by atoms with Gasteiger partial charge in [0.15, 0.2) is 5.69 Å². The van der Waals surface area contributed by atoms with Crippen molar-refractivity contribution in [3.05, 3.63) is 22.8 Å². The molecule has 9 nitrogen and oxygen atoms in total. The summed E-state index contributed by atoms with van der Waals surface area (Å²) >= 11 is 0. The van der Waals surface area contributed by atoms with Gasteiger partial charge in [0.1, 0.15) is 0 Å². The second-order valence-electron chi connectivity index (χ2n) is 9.25. The number of likely N-dealkylation sites (tertiary alicyclic amines) is 1. The molecule has 17 heteroatoms. The second-order valence-corrected chi connectivity index (χ2v) is 9.25. The number of carbonyl (C=O) groups excluding carboxylic acids is 2. The maximum Gasteiger partial charge on any atom is 0.461 e. The molecule has 3 rings (SSSR count). The Morgan fingerprint density at radius 1 is 1.11 bits per heavy atom. The highest BCUT2D eigenvalue weighted by molar-refractivity contribution is 5.79. The van der Waals surface area contributed by atoms with Crippen molar-refractivity contribution in [1.82, 2.24) is 25.1 Å². The summed E-state index contributed by atoms with van der Waals surface area (Å²) in [5.74, 6) is -9.15. The van der Waals surface area contributed by atoms with E-state index in [-0.39, 0.29) is 31.3 Å². The van der Waals surface area contributed by atoms with Gasteiger partial charge in [0.25, 0.3) is 0 Å². The summed E-state index contributed by atoms with van der Waals surface area (Å²) in [6.07, 6.45) is -13.4. The van der Waals surface area contributed by atoms with Crippen LogP contribution in [0.3, 0.4) is 0 Å². The first kappa shape index (κ1) is 29.3. The predicted molar refractivity (Wildman–Crippen MR) is 111 cm³/mol. The predicted octanol–water partition coefficient (Wildman–Crippen LogP) is 3.32. The van der Waals surface area contributed by atoms with Gasteiger partial charge >= 0.3 is 24.4 Å². The van der Waals surface area contributed by atoms with E-state index >= 15 is 0 Å². The van der Waals surface area contributed by atoms with Gasteiger partial charge in [0, 0.05) is 38.0 Å². The first-order valence-electron chi connectivity index (χ1n) is 11.4. The van der Waals surface area contributed by atoms with Crippen LogP contribution >= 0.6 is 0 Å². The lowest BCUT2D eigenvalue weighted by Crippen LogP contribution is -2.50. The van der Waals surface area contributed by atoms with Gasteiger partial charge in [0.05, 0.1) is 18.3 Å². The van der Waals surface area contributed by atoms with E-state index in [1.165, 1.54) is 4.90 Å². The van der Waals surface area contributed by atoms with E-state index in [4.69, 9.17) is 5.11 Å². The molecule has 1 aromatic heterocycles. The normalized spacial score (nSPS) is 19.7. The highest BCUT2D eigenvalue weighted by Gasteiger charge is 2.62. The maximum absolute atomic E-state index is 13.8. The molecular formula is C21H23F8N5O4. The van der Waals surface area contributed by atoms with E-state index in [1.807, 2.05) is 6.92 Å². The lowest BCUT2D eigenvalue weighted by atomic mass is 9.98. The molecule has 2 atom stereocenters. The average molecular weight is 561 g/mol. The monoisotopic (exact) mass is 561 g/mol. The number of nitrogens with one attached hydrogen (secondary N) is 1. The fourth-order valence-corrected chi connectivity index (χ4v) is 4.36. The molecule has 0 aromatic carbocycles. The zero-order chi connectivity index (χ0) is 28.6. The van der Waals surface area contributed by atoms with Gasteiger partial charge in [-0.25, -0.2) is 14.8 Å². The van der Waals surface area contributed by atoms with Crippen molar-refractivity contribution in [2.45, 2.75) is 63.5 Å². The molecule has 2 aliphatic rings. The number of nitrogens with zero attached hydrogens (tertiary/aromatic N) is 4. The topological polar surface area (TPSA) is 116 Å². The van der Waals surface area contributed by atoms with Crippen LogP contribution in [0.25, 0.3) is 0 Å². The summed E-state index contributed by atoms with van der Waals surface area (Å²) in [6, 6.07) is -1.11. The van der Waals surface area contributed by atoms with Crippen LogP contribution in [0, 0.1) is 5.92 Å². The van der Waals surface area contributed by atoms with Crippen molar-refractivity contribution in [1.29, 1.82) is 0 Å². The maximum atomic E-state index is 13.8. The Balaban J connectivity index is 1.85. The van der Waals surface area contributed by atoms with Crippen molar-refractivity contribution < 1.29 is 54.6 Å². The minimum absolute atomic E-state index is 0.124. The van der Waals surface area contributed by atoms with Crippen molar-refractivity contribution in [2.75, 3.05) is 19.6 Å². The summed E-state index contributed by atoms with van der Waals surface area (Å²) in [4.78, 5) is 44.1. The third kappa shape index (κ3) is 6.40. The number of aromatic nitrogens is 2. The summed E-state index contributed by atoms with van der Waals surface area (Å²) < 4.78 is 107. The highest BCUT2D eigenvalue weighted by Crippen LogP contribution is 2.44. The molecule has 2 aliphatic heterocycles. The Morgan fingerprint density at radius 2 is 1.76 bits per heavy atom. The lowest BCUT2D eigenvalue weighted by molar-refractivity contribution is -0.293. The Hall–Kier alpha value is -3.27. The van der Waals surface area contributed by atoms with E-state index in [0.29, 0.717) is 13.0 Å². The van der Waals surface area contributed by atoms with Crippen LogP contribution in [0.2, 0.25) is 0 Å². The van der Waals surface area contributed by atoms with Crippen molar-refractivity contribution in [3.8, 4) is 0 Å². The first-order valence-corrected chi connectivity index (χ1v) is 11.4. The van der Waals surface area contributed by atoms with Gasteiger partial charge in [0.2, 0.25) is 17.6 Å². The Labute approximate surface area is 210 Å². The molecule has 0 aliphatic carbocycles. The number of carboxylic acid groups (broad SMARTS) is 1. The quantitative estimate of drug-likeness (QED) is 0.515. The number of alkyl halides is 8. The van der Waals surface area contributed by atoms with Crippen molar-refractivity contribution >= 4 is 17.9 Å². The largest absolute Gasteiger partial charge is 0.465 e. The summed E-state index contributed by atoms with van der Waals surface area (Å²) in [6.45, 7) is 0.805. The van der Waals surface area contributed by atoms with Gasteiger partial charge in [-0.2, -0.15) is 35.1 Å². The Bertz CT molecular complexity index is 1090. The molecule has 0 radical (unpaired) electrons. The van der Waals surface area contributed by atoms with Gasteiger partial charge in [-0.15, -0.1) is 0 Å². The summed E-state index contributed by atoms with van der Waals surface area (Å²) in [5.41, 5.74) is -3.48. The molecule has 0 unspecified atom stereocenters. The van der Waals surface area contributed by atoms with Gasteiger partial charge < -0.3 is 20.2 Å². The number of fused-ring (bicyclic) bond motifs is 1. The van der Waals surface area contributed by atoms with Gasteiger partial charge in [-0.05, 0) is 18.8 Å². The van der Waals surface area contributed by atoms with E-state index in [1.54, 1.807) is 0 Å². The van der Waals surface area contributed by atoms with Crippen molar-refractivity contribution in [3.63, 3.8) is 0 Å². The van der Waals surface area contributed by atoms with Crippen molar-refractivity contribution in [2.24, 2.45) is 5.92 Å². The van der Waals surface area contributed by atoms with Crippen LogP contribution < -0.4 is 5.32 Å². The molecule has 212 valence electrons. The second kappa shape index (κ2) is 10.5. The van der Waals surface area contributed by atoms with Crippen LogP contribution in [0.15, 0.2) is 0 Å². The zero-order valence-electron chi connectivity index (χ0n) is 19.8. The average Bonchev–Trinajstić information content (AvgIpc) is 2.78. The standard InChI is InChI=1S/C21H23F8N5O4/c1-10-2-3-14(35)34(7-10)8-11(30-18(37)38)6-15(36)33-5-4-12-13(9-33)31-17(19(22,23)21(27,28)29)32-16(12)20(24,25)26/h10-11,30H,2-9H2,1H3,(H,37,38)/t10-,11+/m1/s1. The van der Waals surface area contributed by atoms with E-state index < -0.39 is 78.5 Å². The van der Waals surface area contributed by atoms with E-state index in [2.05, 4.69) is 15.3 Å². The molecule has 1 aromatic rings. The van der Waals surface area contributed by atoms with E-state index in [0.717, 1.165) is 4.90 Å². The number of hydrogen-bond acceptors (Lipinski definition) is 5. The molecule has 3 amide bonds. The fraction of sp³-hybridized carbons (Fsp3) is 0.667.